The average molecular weight is 370 g/mol. The number of carbonyl (C=O) groups excluding carboxylic acids is 1. The predicted octanol–water partition coefficient (Wildman–Crippen LogP) is 4.82. The highest BCUT2D eigenvalue weighted by molar-refractivity contribution is 6.10. The van der Waals surface area contributed by atoms with Gasteiger partial charge in [0.2, 0.25) is 5.78 Å². The molecule has 4 heteroatoms. The minimum Gasteiger partial charge on any atom is -0.487 e. The summed E-state index contributed by atoms with van der Waals surface area (Å²) in [6, 6.07) is 7.87. The van der Waals surface area contributed by atoms with Gasteiger partial charge in [-0.3, -0.25) is 4.79 Å². The van der Waals surface area contributed by atoms with E-state index in [0.29, 0.717) is 36.2 Å². The van der Waals surface area contributed by atoms with Crippen LogP contribution in [0.2, 0.25) is 0 Å². The Balaban J connectivity index is 1.74. The fourth-order valence-corrected chi connectivity index (χ4v) is 4.57. The standard InChI is InChI=1S/C23H30O4/c1-14(2)12-15(3)19-13-25-23(26-19)18-9-7-6-8-16(18)20-17(21(23)24)10-11-22(4,5)27-20/h6-9,14-15,19H,10-13H2,1-5H3. The van der Waals surface area contributed by atoms with Gasteiger partial charge in [-0.2, -0.15) is 0 Å². The topological polar surface area (TPSA) is 44.8 Å². The Morgan fingerprint density at radius 1 is 1.19 bits per heavy atom. The summed E-state index contributed by atoms with van der Waals surface area (Å²) < 4.78 is 18.9. The van der Waals surface area contributed by atoms with Crippen molar-refractivity contribution < 1.29 is 19.0 Å². The van der Waals surface area contributed by atoms with Gasteiger partial charge < -0.3 is 14.2 Å². The van der Waals surface area contributed by atoms with Gasteiger partial charge in [0.25, 0.3) is 5.79 Å². The number of carbonyl (C=O) groups is 1. The molecule has 4 rings (SSSR count). The van der Waals surface area contributed by atoms with Gasteiger partial charge in [0, 0.05) is 16.7 Å². The van der Waals surface area contributed by atoms with E-state index >= 15 is 0 Å². The number of hydrogen-bond donors (Lipinski definition) is 0. The molecule has 0 amide bonds. The summed E-state index contributed by atoms with van der Waals surface area (Å²) in [5, 5.41) is 0. The zero-order valence-corrected chi connectivity index (χ0v) is 17.0. The number of benzene rings is 1. The van der Waals surface area contributed by atoms with Crippen molar-refractivity contribution in [3.63, 3.8) is 0 Å². The molecule has 0 aromatic heterocycles. The predicted molar refractivity (Wildman–Crippen MR) is 104 cm³/mol. The number of Topliss-reactive ketones (excluding diaryl/α,β-unsaturated/α-hetero) is 1. The van der Waals surface area contributed by atoms with Gasteiger partial charge in [-0.15, -0.1) is 0 Å². The van der Waals surface area contributed by atoms with Gasteiger partial charge in [0.1, 0.15) is 11.4 Å². The normalized spacial score (nSPS) is 30.3. The Morgan fingerprint density at radius 2 is 1.93 bits per heavy atom. The fourth-order valence-electron chi connectivity index (χ4n) is 4.57. The molecular weight excluding hydrogens is 340 g/mol. The van der Waals surface area contributed by atoms with Crippen molar-refractivity contribution >= 4 is 11.5 Å². The fraction of sp³-hybridized carbons (Fsp3) is 0.609. The Hall–Kier alpha value is -1.65. The lowest BCUT2D eigenvalue weighted by Crippen LogP contribution is -2.45. The molecule has 0 radical (unpaired) electrons. The van der Waals surface area contributed by atoms with E-state index in [4.69, 9.17) is 14.2 Å². The van der Waals surface area contributed by atoms with Crippen LogP contribution in [0, 0.1) is 11.8 Å². The SMILES string of the molecule is CC(C)CC(C)C1COC2(O1)C(=O)C1=C(OC(C)(C)CC1)c1ccccc12. The molecule has 0 saturated carbocycles. The van der Waals surface area contributed by atoms with Gasteiger partial charge in [-0.05, 0) is 44.9 Å². The first-order valence-electron chi connectivity index (χ1n) is 10.1. The summed E-state index contributed by atoms with van der Waals surface area (Å²) in [5.74, 6) is 0.240. The van der Waals surface area contributed by atoms with Crippen LogP contribution in [0.3, 0.4) is 0 Å². The lowest BCUT2D eigenvalue weighted by atomic mass is 9.79. The average Bonchev–Trinajstić information content (AvgIpc) is 3.05. The summed E-state index contributed by atoms with van der Waals surface area (Å²) >= 11 is 0. The second kappa shape index (κ2) is 6.46. The molecule has 4 nitrogen and oxygen atoms in total. The number of rotatable bonds is 3. The Morgan fingerprint density at radius 3 is 2.67 bits per heavy atom. The van der Waals surface area contributed by atoms with Crippen LogP contribution in [0.4, 0.5) is 0 Å². The molecular formula is C23H30O4. The zero-order valence-electron chi connectivity index (χ0n) is 17.0. The largest absolute Gasteiger partial charge is 0.487 e. The highest BCUT2D eigenvalue weighted by Crippen LogP contribution is 2.50. The minimum atomic E-state index is -1.31. The highest BCUT2D eigenvalue weighted by atomic mass is 16.7. The quantitative estimate of drug-likeness (QED) is 0.765. The molecule has 3 unspecified atom stereocenters. The van der Waals surface area contributed by atoms with E-state index in [1.807, 2.05) is 24.3 Å². The molecule has 0 bridgehead atoms. The summed E-state index contributed by atoms with van der Waals surface area (Å²) in [6.07, 6.45) is 2.47. The molecule has 1 aromatic rings. The molecule has 27 heavy (non-hydrogen) atoms. The zero-order chi connectivity index (χ0) is 19.4. The number of ether oxygens (including phenoxy) is 3. The van der Waals surface area contributed by atoms with Crippen molar-refractivity contribution in [1.29, 1.82) is 0 Å². The summed E-state index contributed by atoms with van der Waals surface area (Å²) in [7, 11) is 0. The highest BCUT2D eigenvalue weighted by Gasteiger charge is 2.56. The second-order valence-electron chi connectivity index (χ2n) is 9.23. The lowest BCUT2D eigenvalue weighted by molar-refractivity contribution is -0.190. The third kappa shape index (κ3) is 3.03. The molecule has 1 aromatic carbocycles. The maximum absolute atomic E-state index is 13.6. The van der Waals surface area contributed by atoms with Gasteiger partial charge >= 0.3 is 0 Å². The van der Waals surface area contributed by atoms with E-state index in [2.05, 4.69) is 34.6 Å². The Kier molecular flexibility index (Phi) is 4.47. The Bertz CT molecular complexity index is 791. The second-order valence-corrected chi connectivity index (χ2v) is 9.23. The van der Waals surface area contributed by atoms with Crippen LogP contribution in [0.5, 0.6) is 0 Å². The maximum atomic E-state index is 13.6. The van der Waals surface area contributed by atoms with Gasteiger partial charge in [-0.25, -0.2) is 0 Å². The van der Waals surface area contributed by atoms with E-state index in [-0.39, 0.29) is 17.5 Å². The number of ketones is 1. The molecule has 0 N–H and O–H groups in total. The first-order chi connectivity index (χ1) is 12.7. The molecule has 1 fully saturated rings. The maximum Gasteiger partial charge on any atom is 0.262 e. The van der Waals surface area contributed by atoms with E-state index < -0.39 is 5.79 Å². The van der Waals surface area contributed by atoms with Crippen LogP contribution in [-0.2, 0) is 24.8 Å². The van der Waals surface area contributed by atoms with Crippen LogP contribution >= 0.6 is 0 Å². The van der Waals surface area contributed by atoms with Gasteiger partial charge in [0.15, 0.2) is 0 Å². The van der Waals surface area contributed by atoms with E-state index in [0.717, 1.165) is 24.0 Å². The third-order valence-corrected chi connectivity index (χ3v) is 5.97. The van der Waals surface area contributed by atoms with Crippen LogP contribution < -0.4 is 0 Å². The van der Waals surface area contributed by atoms with Crippen LogP contribution in [0.15, 0.2) is 29.8 Å². The van der Waals surface area contributed by atoms with Crippen LogP contribution in [0.1, 0.15) is 65.0 Å². The van der Waals surface area contributed by atoms with Gasteiger partial charge in [0.05, 0.1) is 12.7 Å². The molecule has 3 atom stereocenters. The lowest BCUT2D eigenvalue weighted by Gasteiger charge is -2.41. The van der Waals surface area contributed by atoms with E-state index in [1.54, 1.807) is 0 Å². The summed E-state index contributed by atoms with van der Waals surface area (Å²) in [5.41, 5.74) is 2.15. The van der Waals surface area contributed by atoms with Crippen molar-refractivity contribution in [2.24, 2.45) is 11.8 Å². The first kappa shape index (κ1) is 18.7. The number of fused-ring (bicyclic) bond motifs is 3. The molecule has 1 saturated heterocycles. The van der Waals surface area contributed by atoms with Crippen LogP contribution in [-0.4, -0.2) is 24.1 Å². The van der Waals surface area contributed by atoms with E-state index in [9.17, 15) is 4.79 Å². The smallest absolute Gasteiger partial charge is 0.262 e. The number of hydrogen-bond acceptors (Lipinski definition) is 4. The van der Waals surface area contributed by atoms with Crippen molar-refractivity contribution in [3.05, 3.63) is 41.0 Å². The summed E-state index contributed by atoms with van der Waals surface area (Å²) in [6.45, 7) is 11.2. The van der Waals surface area contributed by atoms with E-state index in [1.165, 1.54) is 0 Å². The molecule has 146 valence electrons. The molecule has 1 aliphatic carbocycles. The van der Waals surface area contributed by atoms with Crippen molar-refractivity contribution in [1.82, 2.24) is 0 Å². The molecule has 1 spiro atoms. The molecule has 3 aliphatic rings. The minimum absolute atomic E-state index is 0.0764. The Labute approximate surface area is 161 Å². The van der Waals surface area contributed by atoms with Gasteiger partial charge in [-0.1, -0.05) is 45.0 Å². The molecule has 2 aliphatic heterocycles. The molecule has 2 heterocycles. The van der Waals surface area contributed by atoms with Crippen molar-refractivity contribution in [3.8, 4) is 0 Å². The van der Waals surface area contributed by atoms with Crippen LogP contribution in [0.25, 0.3) is 5.76 Å². The summed E-state index contributed by atoms with van der Waals surface area (Å²) in [4.78, 5) is 13.6. The first-order valence-corrected chi connectivity index (χ1v) is 10.1. The van der Waals surface area contributed by atoms with Crippen molar-refractivity contribution in [2.75, 3.05) is 6.61 Å². The monoisotopic (exact) mass is 370 g/mol. The third-order valence-electron chi connectivity index (χ3n) is 5.97. The van der Waals surface area contributed by atoms with Crippen molar-refractivity contribution in [2.45, 2.75) is 71.4 Å².